The van der Waals surface area contributed by atoms with E-state index in [0.717, 1.165) is 67.4 Å². The first-order valence-corrected chi connectivity index (χ1v) is 18.3. The van der Waals surface area contributed by atoms with Crippen LogP contribution in [0.3, 0.4) is 0 Å². The molecule has 6 rings (SSSR count). The SMILES string of the molecule is C=C(CN)N1CCC2(CC1)CCN(C(=C)CNC)C2.C=CN1CCC(C2=Cc3ccccc3NC2=C)CC1.CCc1cc(C)c(N)c(C=N)c1. The largest absolute Gasteiger partial charge is 0.398 e. The van der Waals surface area contributed by atoms with E-state index in [4.69, 9.17) is 16.9 Å². The van der Waals surface area contributed by atoms with Crippen LogP contribution in [-0.4, -0.2) is 80.3 Å². The molecule has 0 aliphatic carbocycles. The number of anilines is 2. The number of allylic oxidation sites excluding steroid dienone is 1. The van der Waals surface area contributed by atoms with Crippen molar-refractivity contribution in [3.05, 3.63) is 114 Å². The predicted molar refractivity (Wildman–Crippen MR) is 215 cm³/mol. The first kappa shape index (κ1) is 38.5. The molecule has 0 unspecified atom stereocenters. The lowest BCUT2D eigenvalue weighted by Gasteiger charge is -2.41. The molecule has 0 radical (unpaired) electrons. The molecule has 7 N–H and O–H groups in total. The number of aryl methyl sites for hydroxylation is 2. The smallest absolute Gasteiger partial charge is 0.0457 e. The molecule has 0 atom stereocenters. The van der Waals surface area contributed by atoms with Gasteiger partial charge in [-0.15, -0.1) is 0 Å². The van der Waals surface area contributed by atoms with Crippen molar-refractivity contribution in [2.45, 2.75) is 52.4 Å². The Bertz CT molecular complexity index is 1540. The van der Waals surface area contributed by atoms with Crippen LogP contribution in [-0.2, 0) is 6.42 Å². The number of likely N-dealkylation sites (tertiary alicyclic amines) is 3. The Labute approximate surface area is 302 Å². The molecule has 4 aliphatic rings. The third-order valence-electron chi connectivity index (χ3n) is 10.9. The second-order valence-electron chi connectivity index (χ2n) is 14.2. The molecule has 2 aromatic rings. The van der Waals surface area contributed by atoms with Crippen molar-refractivity contribution in [2.75, 3.05) is 70.5 Å². The molecule has 3 fully saturated rings. The third-order valence-corrected chi connectivity index (χ3v) is 10.9. The molecule has 3 saturated heterocycles. The van der Waals surface area contributed by atoms with Crippen LogP contribution in [0.15, 0.2) is 91.6 Å². The molecule has 50 heavy (non-hydrogen) atoms. The van der Waals surface area contributed by atoms with E-state index in [-0.39, 0.29) is 0 Å². The summed E-state index contributed by atoms with van der Waals surface area (Å²) in [6.07, 6.45) is 12.7. The first-order valence-electron chi connectivity index (χ1n) is 18.3. The van der Waals surface area contributed by atoms with Crippen molar-refractivity contribution in [1.82, 2.24) is 20.0 Å². The maximum Gasteiger partial charge on any atom is 0.0457 e. The number of hydrogen-bond acceptors (Lipinski definition) is 8. The molecule has 2 aromatic carbocycles. The molecular weight excluding hydrogens is 617 g/mol. The number of para-hydroxylation sites is 1. The van der Waals surface area contributed by atoms with Gasteiger partial charge in [-0.1, -0.05) is 57.5 Å². The van der Waals surface area contributed by atoms with E-state index < -0.39 is 0 Å². The van der Waals surface area contributed by atoms with E-state index in [1.807, 2.05) is 26.2 Å². The van der Waals surface area contributed by atoms with Gasteiger partial charge in [-0.25, -0.2) is 0 Å². The summed E-state index contributed by atoms with van der Waals surface area (Å²) in [5.74, 6) is 0.615. The van der Waals surface area contributed by atoms with E-state index in [0.29, 0.717) is 17.9 Å². The molecule has 0 saturated carbocycles. The van der Waals surface area contributed by atoms with Crippen molar-refractivity contribution >= 4 is 23.7 Å². The monoisotopic (exact) mass is 679 g/mol. The number of nitrogens with one attached hydrogen (secondary N) is 3. The maximum atomic E-state index is 7.15. The lowest BCUT2D eigenvalue weighted by atomic mass is 9.77. The number of hydrogen-bond donors (Lipinski definition) is 5. The molecule has 4 aliphatic heterocycles. The van der Waals surface area contributed by atoms with Crippen molar-refractivity contribution < 1.29 is 0 Å². The molecule has 4 heterocycles. The number of likely N-dealkylation sites (N-methyl/N-ethyl adjacent to an activating group) is 1. The highest BCUT2D eigenvalue weighted by atomic mass is 15.2. The molecule has 0 aromatic heterocycles. The molecule has 8 heteroatoms. The van der Waals surface area contributed by atoms with Gasteiger partial charge in [-0.05, 0) is 111 Å². The van der Waals surface area contributed by atoms with Crippen LogP contribution < -0.4 is 22.1 Å². The maximum absolute atomic E-state index is 7.15. The van der Waals surface area contributed by atoms with Crippen LogP contribution in [0.2, 0.25) is 0 Å². The second kappa shape index (κ2) is 18.1. The first-order chi connectivity index (χ1) is 24.1. The number of fused-ring (bicyclic) bond motifs is 1. The highest BCUT2D eigenvalue weighted by Crippen LogP contribution is 2.42. The molecule has 0 bridgehead atoms. The molecule has 270 valence electrons. The zero-order valence-electron chi connectivity index (χ0n) is 31.0. The van der Waals surface area contributed by atoms with Crippen LogP contribution in [0.1, 0.15) is 61.3 Å². The summed E-state index contributed by atoms with van der Waals surface area (Å²) in [5.41, 5.74) is 23.0. The normalized spacial score (nSPS) is 18.1. The Morgan fingerprint density at radius 2 is 1.70 bits per heavy atom. The Morgan fingerprint density at radius 1 is 1.04 bits per heavy atom. The van der Waals surface area contributed by atoms with Crippen molar-refractivity contribution in [1.29, 1.82) is 5.41 Å². The fraction of sp³-hybridized carbons (Fsp3) is 0.452. The summed E-state index contributed by atoms with van der Waals surface area (Å²) in [6, 6.07) is 12.4. The van der Waals surface area contributed by atoms with Crippen LogP contribution in [0.4, 0.5) is 11.4 Å². The Morgan fingerprint density at radius 3 is 2.30 bits per heavy atom. The zero-order chi connectivity index (χ0) is 36.3. The van der Waals surface area contributed by atoms with E-state index in [1.54, 1.807) is 0 Å². The van der Waals surface area contributed by atoms with Gasteiger partial charge in [0.15, 0.2) is 0 Å². The lowest BCUT2D eigenvalue weighted by molar-refractivity contribution is 0.134. The standard InChI is InChI=1S/C17H20N2.C15H28N4.C10H14N2/c1-3-19-10-8-14(9-11-19)16-12-15-6-4-5-7-17(15)18-13(16)2;1-13(10-16)18-7-4-15(5-8-18)6-9-19(12-15)14(2)11-17-3;1-3-8-4-7(2)10(12)9(5-8)6-11/h3-7,12,14,18H,1-2,8-11H2;17H,1-2,4-12,16H2,3H3;4-6,11H,3,12H2,1-2H3. The minimum Gasteiger partial charge on any atom is -0.398 e. The van der Waals surface area contributed by atoms with Crippen molar-refractivity contribution in [3.8, 4) is 0 Å². The van der Waals surface area contributed by atoms with Gasteiger partial charge in [0.25, 0.3) is 0 Å². The summed E-state index contributed by atoms with van der Waals surface area (Å²) < 4.78 is 0. The Kier molecular flexibility index (Phi) is 14.0. The molecule has 1 spiro atoms. The van der Waals surface area contributed by atoms with Gasteiger partial charge >= 0.3 is 0 Å². The van der Waals surface area contributed by atoms with E-state index in [1.165, 1.54) is 79.5 Å². The molecule has 8 nitrogen and oxygen atoms in total. The van der Waals surface area contributed by atoms with Crippen LogP contribution >= 0.6 is 0 Å². The average Bonchev–Trinajstić information content (AvgIpc) is 3.56. The zero-order valence-corrected chi connectivity index (χ0v) is 31.0. The van der Waals surface area contributed by atoms with Gasteiger partial charge in [-0.3, -0.25) is 0 Å². The van der Waals surface area contributed by atoms with Crippen LogP contribution in [0, 0.1) is 23.7 Å². The van der Waals surface area contributed by atoms with E-state index in [9.17, 15) is 0 Å². The van der Waals surface area contributed by atoms with Gasteiger partial charge in [0.2, 0.25) is 0 Å². The summed E-state index contributed by atoms with van der Waals surface area (Å²) in [5, 5.41) is 13.8. The highest BCUT2D eigenvalue weighted by molar-refractivity contribution is 5.86. The Hall–Kier alpha value is -4.27. The quantitative estimate of drug-likeness (QED) is 0.144. The summed E-state index contributed by atoms with van der Waals surface area (Å²) in [7, 11) is 1.98. The summed E-state index contributed by atoms with van der Waals surface area (Å²) in [4.78, 5) is 7.12. The topological polar surface area (TPSA) is 110 Å². The minimum absolute atomic E-state index is 0.502. The fourth-order valence-corrected chi connectivity index (χ4v) is 7.56. The third kappa shape index (κ3) is 9.70. The predicted octanol–water partition coefficient (Wildman–Crippen LogP) is 6.98. The van der Waals surface area contributed by atoms with Crippen molar-refractivity contribution in [3.63, 3.8) is 0 Å². The van der Waals surface area contributed by atoms with Crippen molar-refractivity contribution in [2.24, 2.45) is 17.1 Å². The lowest BCUT2D eigenvalue weighted by Crippen LogP contribution is -2.42. The number of nitrogens with zero attached hydrogens (tertiary/aromatic N) is 3. The number of piperidine rings is 2. The van der Waals surface area contributed by atoms with E-state index in [2.05, 4.69) is 95.0 Å². The van der Waals surface area contributed by atoms with Gasteiger partial charge in [0.05, 0.1) is 0 Å². The average molecular weight is 679 g/mol. The summed E-state index contributed by atoms with van der Waals surface area (Å²) >= 11 is 0. The van der Waals surface area contributed by atoms with Gasteiger partial charge in [0.1, 0.15) is 0 Å². The highest BCUT2D eigenvalue weighted by Gasteiger charge is 2.40. The van der Waals surface area contributed by atoms with Crippen LogP contribution in [0.25, 0.3) is 6.08 Å². The molecular formula is C42H62N8. The number of nitrogen functional groups attached to an aromatic ring is 1. The van der Waals surface area contributed by atoms with Gasteiger partial charge in [0, 0.05) is 92.6 Å². The summed E-state index contributed by atoms with van der Waals surface area (Å²) in [6.45, 7) is 28.6. The van der Waals surface area contributed by atoms with E-state index >= 15 is 0 Å². The van der Waals surface area contributed by atoms with Gasteiger partial charge < -0.3 is 42.2 Å². The fourth-order valence-electron chi connectivity index (χ4n) is 7.56. The van der Waals surface area contributed by atoms with Crippen LogP contribution in [0.5, 0.6) is 0 Å². The number of benzene rings is 2. The minimum atomic E-state index is 0.502. The van der Waals surface area contributed by atoms with Gasteiger partial charge in [-0.2, -0.15) is 0 Å². The Balaban J connectivity index is 0.000000174. The second-order valence-corrected chi connectivity index (χ2v) is 14.2. The molecule has 0 amide bonds. The number of rotatable bonds is 9. The number of nitrogens with two attached hydrogens (primary N) is 2.